The molecule has 2 rings (SSSR count). The van der Waals surface area contributed by atoms with E-state index in [1.54, 1.807) is 6.07 Å². The summed E-state index contributed by atoms with van der Waals surface area (Å²) in [6, 6.07) is 8.90. The molecule has 1 aromatic heterocycles. The minimum absolute atomic E-state index is 0.136. The molecule has 0 radical (unpaired) electrons. The maximum atomic E-state index is 11.6. The molecule has 0 fully saturated rings. The SMILES string of the molecule is CCOc1ccccc1-c1cc(CC(=O)Cl)c(=O)[nH]n1. The van der Waals surface area contributed by atoms with E-state index in [2.05, 4.69) is 10.2 Å². The summed E-state index contributed by atoms with van der Waals surface area (Å²) in [5.41, 5.74) is 1.13. The highest BCUT2D eigenvalue weighted by Crippen LogP contribution is 2.27. The van der Waals surface area contributed by atoms with E-state index < -0.39 is 10.8 Å². The zero-order chi connectivity index (χ0) is 14.5. The van der Waals surface area contributed by atoms with Gasteiger partial charge in [0.05, 0.1) is 18.7 Å². The predicted octanol–water partition coefficient (Wildman–Crippen LogP) is 2.14. The second kappa shape index (κ2) is 6.34. The van der Waals surface area contributed by atoms with Crippen molar-refractivity contribution in [3.63, 3.8) is 0 Å². The lowest BCUT2D eigenvalue weighted by molar-refractivity contribution is -0.111. The van der Waals surface area contributed by atoms with E-state index in [0.717, 1.165) is 5.56 Å². The fourth-order valence-corrected chi connectivity index (χ4v) is 1.97. The molecule has 2 aromatic rings. The Kier molecular flexibility index (Phi) is 4.53. The first-order chi connectivity index (χ1) is 9.61. The van der Waals surface area contributed by atoms with Gasteiger partial charge in [0.1, 0.15) is 5.75 Å². The van der Waals surface area contributed by atoms with Gasteiger partial charge in [-0.15, -0.1) is 0 Å². The van der Waals surface area contributed by atoms with E-state index in [1.165, 1.54) is 0 Å². The van der Waals surface area contributed by atoms with E-state index >= 15 is 0 Å². The van der Waals surface area contributed by atoms with Crippen molar-refractivity contribution in [1.82, 2.24) is 10.2 Å². The fraction of sp³-hybridized carbons (Fsp3) is 0.214. The van der Waals surface area contributed by atoms with Crippen LogP contribution < -0.4 is 10.3 Å². The van der Waals surface area contributed by atoms with Crippen LogP contribution in [0.4, 0.5) is 0 Å². The number of para-hydroxylation sites is 1. The molecule has 1 heterocycles. The first kappa shape index (κ1) is 14.3. The molecule has 0 aliphatic carbocycles. The molecule has 104 valence electrons. The molecule has 0 aliphatic heterocycles. The molecular formula is C14H13ClN2O3. The van der Waals surface area contributed by atoms with Gasteiger partial charge in [0, 0.05) is 11.1 Å². The van der Waals surface area contributed by atoms with Gasteiger partial charge in [-0.2, -0.15) is 5.10 Å². The third kappa shape index (κ3) is 3.24. The van der Waals surface area contributed by atoms with Gasteiger partial charge in [-0.05, 0) is 36.7 Å². The third-order valence-corrected chi connectivity index (χ3v) is 2.81. The zero-order valence-electron chi connectivity index (χ0n) is 10.9. The number of carbonyl (C=O) groups is 1. The highest BCUT2D eigenvalue weighted by atomic mass is 35.5. The molecule has 0 amide bonds. The average Bonchev–Trinajstić information content (AvgIpc) is 2.42. The fourth-order valence-electron chi connectivity index (χ4n) is 1.82. The van der Waals surface area contributed by atoms with Crippen LogP contribution >= 0.6 is 11.6 Å². The van der Waals surface area contributed by atoms with Crippen LogP contribution in [0.25, 0.3) is 11.3 Å². The van der Waals surface area contributed by atoms with Crippen LogP contribution in [0, 0.1) is 0 Å². The molecule has 6 heteroatoms. The Morgan fingerprint density at radius 1 is 1.40 bits per heavy atom. The first-order valence-electron chi connectivity index (χ1n) is 6.11. The van der Waals surface area contributed by atoms with E-state index in [9.17, 15) is 9.59 Å². The number of hydrogen-bond acceptors (Lipinski definition) is 4. The summed E-state index contributed by atoms with van der Waals surface area (Å²) in [7, 11) is 0. The number of benzene rings is 1. The predicted molar refractivity (Wildman–Crippen MR) is 76.0 cm³/mol. The third-order valence-electron chi connectivity index (χ3n) is 2.67. The lowest BCUT2D eigenvalue weighted by Crippen LogP contribution is -2.16. The van der Waals surface area contributed by atoms with Crippen LogP contribution in [0.3, 0.4) is 0 Å². The normalized spacial score (nSPS) is 10.3. The van der Waals surface area contributed by atoms with Crippen molar-refractivity contribution in [3.8, 4) is 17.0 Å². The van der Waals surface area contributed by atoms with Crippen molar-refractivity contribution in [3.05, 3.63) is 46.2 Å². The smallest absolute Gasteiger partial charge is 0.267 e. The Morgan fingerprint density at radius 3 is 2.85 bits per heavy atom. The monoisotopic (exact) mass is 292 g/mol. The lowest BCUT2D eigenvalue weighted by atomic mass is 10.1. The number of nitrogens with one attached hydrogen (secondary N) is 1. The van der Waals surface area contributed by atoms with Crippen molar-refractivity contribution in [2.24, 2.45) is 0 Å². The number of hydrogen-bond donors (Lipinski definition) is 1. The molecule has 1 N–H and O–H groups in total. The molecule has 0 spiro atoms. The van der Waals surface area contributed by atoms with Crippen LogP contribution in [0.15, 0.2) is 35.1 Å². The second-order valence-electron chi connectivity index (χ2n) is 4.07. The van der Waals surface area contributed by atoms with E-state index in [4.69, 9.17) is 16.3 Å². The van der Waals surface area contributed by atoms with Gasteiger partial charge in [-0.1, -0.05) is 12.1 Å². The van der Waals surface area contributed by atoms with Crippen LogP contribution in [0.1, 0.15) is 12.5 Å². The molecule has 20 heavy (non-hydrogen) atoms. The van der Waals surface area contributed by atoms with Gasteiger partial charge in [-0.25, -0.2) is 5.10 Å². The summed E-state index contributed by atoms with van der Waals surface area (Å²) in [4.78, 5) is 22.5. The summed E-state index contributed by atoms with van der Waals surface area (Å²) in [6.45, 7) is 2.40. The topological polar surface area (TPSA) is 72.1 Å². The maximum absolute atomic E-state index is 11.6. The van der Waals surface area contributed by atoms with Gasteiger partial charge < -0.3 is 4.74 Å². The molecule has 1 aromatic carbocycles. The highest BCUT2D eigenvalue weighted by molar-refractivity contribution is 6.63. The Hall–Kier alpha value is -2.14. The van der Waals surface area contributed by atoms with Crippen LogP contribution in [-0.2, 0) is 11.2 Å². The average molecular weight is 293 g/mol. The van der Waals surface area contributed by atoms with E-state index in [0.29, 0.717) is 18.1 Å². The number of aromatic nitrogens is 2. The standard InChI is InChI=1S/C14H13ClN2O3/c1-2-20-12-6-4-3-5-10(12)11-7-9(8-13(15)18)14(19)17-16-11/h3-7H,2,8H2,1H3,(H,17,19). The molecule has 0 saturated carbocycles. The number of H-pyrrole nitrogens is 1. The minimum Gasteiger partial charge on any atom is -0.493 e. The van der Waals surface area contributed by atoms with E-state index in [-0.39, 0.29) is 12.0 Å². The van der Waals surface area contributed by atoms with Gasteiger partial charge in [0.15, 0.2) is 0 Å². The largest absolute Gasteiger partial charge is 0.493 e. The molecule has 0 saturated heterocycles. The molecule has 0 aliphatic rings. The van der Waals surface area contributed by atoms with Crippen LogP contribution in [-0.4, -0.2) is 22.0 Å². The number of aromatic amines is 1. The van der Waals surface area contributed by atoms with Crippen molar-refractivity contribution in [2.45, 2.75) is 13.3 Å². The van der Waals surface area contributed by atoms with Gasteiger partial charge in [0.25, 0.3) is 5.56 Å². The summed E-state index contributed by atoms with van der Waals surface area (Å²) in [6.07, 6.45) is -0.136. The second-order valence-corrected chi connectivity index (χ2v) is 4.49. The Morgan fingerprint density at radius 2 is 2.15 bits per heavy atom. The maximum Gasteiger partial charge on any atom is 0.267 e. The van der Waals surface area contributed by atoms with Crippen molar-refractivity contribution >= 4 is 16.8 Å². The van der Waals surface area contributed by atoms with Gasteiger partial charge >= 0.3 is 0 Å². The van der Waals surface area contributed by atoms with Crippen LogP contribution in [0.2, 0.25) is 0 Å². The summed E-state index contributed by atoms with van der Waals surface area (Å²) >= 11 is 5.33. The molecule has 0 atom stereocenters. The van der Waals surface area contributed by atoms with E-state index in [1.807, 2.05) is 31.2 Å². The van der Waals surface area contributed by atoms with Crippen molar-refractivity contribution < 1.29 is 9.53 Å². The van der Waals surface area contributed by atoms with Crippen LogP contribution in [0.5, 0.6) is 5.75 Å². The number of carbonyl (C=O) groups excluding carboxylic acids is 1. The minimum atomic E-state index is -0.592. The number of rotatable bonds is 5. The molecule has 0 bridgehead atoms. The van der Waals surface area contributed by atoms with Crippen molar-refractivity contribution in [2.75, 3.05) is 6.61 Å². The quantitative estimate of drug-likeness (QED) is 0.857. The Bertz CT molecular complexity index is 682. The van der Waals surface area contributed by atoms with Gasteiger partial charge in [0.2, 0.25) is 5.24 Å². The zero-order valence-corrected chi connectivity index (χ0v) is 11.6. The summed E-state index contributed by atoms with van der Waals surface area (Å²) < 4.78 is 5.52. The first-order valence-corrected chi connectivity index (χ1v) is 6.48. The molecule has 5 nitrogen and oxygen atoms in total. The Balaban J connectivity index is 2.48. The number of ether oxygens (including phenoxy) is 1. The summed E-state index contributed by atoms with van der Waals surface area (Å²) in [5.74, 6) is 0.665. The van der Waals surface area contributed by atoms with Gasteiger partial charge in [-0.3, -0.25) is 9.59 Å². The molecular weight excluding hydrogens is 280 g/mol. The lowest BCUT2D eigenvalue weighted by Gasteiger charge is -2.09. The summed E-state index contributed by atoms with van der Waals surface area (Å²) in [5, 5.41) is 5.77. The number of halogens is 1. The van der Waals surface area contributed by atoms with Crippen molar-refractivity contribution in [1.29, 1.82) is 0 Å². The molecule has 0 unspecified atom stereocenters. The highest BCUT2D eigenvalue weighted by Gasteiger charge is 2.11. The number of nitrogens with zero attached hydrogens (tertiary/aromatic N) is 1. The Labute approximate surface area is 120 Å².